The minimum Gasteiger partial charge on any atom is -0.368 e. The summed E-state index contributed by atoms with van der Waals surface area (Å²) >= 11 is 0. The van der Waals surface area contributed by atoms with Crippen molar-refractivity contribution in [1.82, 2.24) is 10.3 Å². The minimum absolute atomic E-state index is 0.0383. The van der Waals surface area contributed by atoms with E-state index in [4.69, 9.17) is 0 Å². The number of carbonyl (C=O) groups excluding carboxylic acids is 1. The number of sulfone groups is 1. The second-order valence-corrected chi connectivity index (χ2v) is 7.25. The first-order valence-electron chi connectivity index (χ1n) is 6.82. The van der Waals surface area contributed by atoms with Crippen molar-refractivity contribution in [3.63, 3.8) is 0 Å². The molecule has 0 atom stereocenters. The first-order chi connectivity index (χ1) is 9.93. The maximum atomic E-state index is 14.1. The van der Waals surface area contributed by atoms with Gasteiger partial charge in [0, 0.05) is 18.8 Å². The summed E-state index contributed by atoms with van der Waals surface area (Å²) in [6.07, 6.45) is 2.09. The van der Waals surface area contributed by atoms with E-state index in [1.54, 1.807) is 6.92 Å². The molecule has 21 heavy (non-hydrogen) atoms. The molecule has 116 valence electrons. The van der Waals surface area contributed by atoms with Crippen LogP contribution in [0.1, 0.15) is 30.1 Å². The zero-order valence-electron chi connectivity index (χ0n) is 11.7. The van der Waals surface area contributed by atoms with Crippen LogP contribution in [-0.2, 0) is 9.84 Å². The summed E-state index contributed by atoms with van der Waals surface area (Å²) in [4.78, 5) is 15.9. The topological polar surface area (TPSA) is 88.2 Å². The number of carbonyl (C=O) groups is 1. The Morgan fingerprint density at radius 3 is 2.71 bits per heavy atom. The highest BCUT2D eigenvalue weighted by atomic mass is 32.2. The zero-order valence-corrected chi connectivity index (χ0v) is 12.5. The van der Waals surface area contributed by atoms with Crippen LogP contribution in [0.5, 0.6) is 0 Å². The van der Waals surface area contributed by atoms with Crippen LogP contribution in [-0.4, -0.2) is 43.4 Å². The van der Waals surface area contributed by atoms with Gasteiger partial charge < -0.3 is 10.6 Å². The molecule has 1 aliphatic rings. The highest BCUT2D eigenvalue weighted by Crippen LogP contribution is 2.17. The molecule has 0 aliphatic carbocycles. The van der Waals surface area contributed by atoms with E-state index in [1.807, 2.05) is 0 Å². The van der Waals surface area contributed by atoms with Gasteiger partial charge in [-0.2, -0.15) is 0 Å². The van der Waals surface area contributed by atoms with Crippen LogP contribution in [0.2, 0.25) is 0 Å². The SMILES string of the molecule is CCNc1nccc(C(=O)NC2CCS(=O)(=O)CC2)c1F. The lowest BCUT2D eigenvalue weighted by molar-refractivity contribution is 0.0930. The minimum atomic E-state index is -2.98. The summed E-state index contributed by atoms with van der Waals surface area (Å²) in [5.74, 6) is -1.09. The highest BCUT2D eigenvalue weighted by molar-refractivity contribution is 7.91. The largest absolute Gasteiger partial charge is 0.368 e. The highest BCUT2D eigenvalue weighted by Gasteiger charge is 2.26. The lowest BCUT2D eigenvalue weighted by Crippen LogP contribution is -2.41. The molecule has 1 aromatic rings. The summed E-state index contributed by atoms with van der Waals surface area (Å²) in [6.45, 7) is 2.30. The first kappa shape index (κ1) is 15.7. The van der Waals surface area contributed by atoms with Gasteiger partial charge in [-0.3, -0.25) is 4.79 Å². The maximum absolute atomic E-state index is 14.1. The van der Waals surface area contributed by atoms with Crippen LogP contribution >= 0.6 is 0 Å². The lowest BCUT2D eigenvalue weighted by atomic mass is 10.1. The molecule has 2 heterocycles. The Labute approximate surface area is 123 Å². The monoisotopic (exact) mass is 315 g/mol. The van der Waals surface area contributed by atoms with Gasteiger partial charge in [-0.25, -0.2) is 17.8 Å². The lowest BCUT2D eigenvalue weighted by Gasteiger charge is -2.23. The second-order valence-electron chi connectivity index (χ2n) is 4.95. The summed E-state index contributed by atoms with van der Waals surface area (Å²) < 4.78 is 36.8. The molecule has 1 aromatic heterocycles. The van der Waals surface area contributed by atoms with Crippen molar-refractivity contribution in [1.29, 1.82) is 0 Å². The van der Waals surface area contributed by atoms with E-state index in [2.05, 4.69) is 15.6 Å². The van der Waals surface area contributed by atoms with Gasteiger partial charge in [0.2, 0.25) is 0 Å². The van der Waals surface area contributed by atoms with Gasteiger partial charge in [0.1, 0.15) is 9.84 Å². The van der Waals surface area contributed by atoms with Crippen molar-refractivity contribution in [2.45, 2.75) is 25.8 Å². The third-order valence-electron chi connectivity index (χ3n) is 3.37. The molecule has 1 saturated heterocycles. The Kier molecular flexibility index (Phi) is 4.76. The summed E-state index contributed by atoms with van der Waals surface area (Å²) in [7, 11) is -2.98. The van der Waals surface area contributed by atoms with Crippen molar-refractivity contribution in [2.24, 2.45) is 0 Å². The average Bonchev–Trinajstić information content (AvgIpc) is 2.43. The summed E-state index contributed by atoms with van der Waals surface area (Å²) in [5.41, 5.74) is -0.0885. The summed E-state index contributed by atoms with van der Waals surface area (Å²) in [6, 6.07) is 1.07. The number of rotatable bonds is 4. The number of halogens is 1. The summed E-state index contributed by atoms with van der Waals surface area (Å²) in [5, 5.41) is 5.42. The van der Waals surface area contributed by atoms with E-state index in [0.717, 1.165) is 0 Å². The Bertz CT molecular complexity index is 620. The molecule has 0 aromatic carbocycles. The van der Waals surface area contributed by atoms with Gasteiger partial charge in [-0.15, -0.1) is 0 Å². The smallest absolute Gasteiger partial charge is 0.254 e. The standard InChI is InChI=1S/C13H18FN3O3S/c1-2-15-12-11(14)10(3-6-16-12)13(18)17-9-4-7-21(19,20)8-5-9/h3,6,9H,2,4-5,7-8H2,1H3,(H,15,16)(H,17,18). The number of hydrogen-bond acceptors (Lipinski definition) is 5. The third kappa shape index (κ3) is 3.90. The Balaban J connectivity index is 2.06. The van der Waals surface area contributed by atoms with Crippen molar-refractivity contribution in [2.75, 3.05) is 23.4 Å². The number of hydrogen-bond donors (Lipinski definition) is 2. The van der Waals surface area contributed by atoms with Crippen LogP contribution < -0.4 is 10.6 Å². The molecule has 2 rings (SSSR count). The predicted molar refractivity (Wildman–Crippen MR) is 77.5 cm³/mol. The molecule has 6 nitrogen and oxygen atoms in total. The van der Waals surface area contributed by atoms with E-state index >= 15 is 0 Å². The number of aromatic nitrogens is 1. The maximum Gasteiger partial charge on any atom is 0.254 e. The Morgan fingerprint density at radius 2 is 2.10 bits per heavy atom. The fourth-order valence-electron chi connectivity index (χ4n) is 2.21. The van der Waals surface area contributed by atoms with Gasteiger partial charge in [0.25, 0.3) is 5.91 Å². The fourth-order valence-corrected chi connectivity index (χ4v) is 3.70. The van der Waals surface area contributed by atoms with Crippen molar-refractivity contribution < 1.29 is 17.6 Å². The van der Waals surface area contributed by atoms with Gasteiger partial charge in [-0.05, 0) is 25.8 Å². The Hall–Kier alpha value is -1.70. The predicted octanol–water partition coefficient (Wildman–Crippen LogP) is 0.959. The first-order valence-corrected chi connectivity index (χ1v) is 8.64. The van der Waals surface area contributed by atoms with Crippen LogP contribution in [0, 0.1) is 5.82 Å². The number of amides is 1. The van der Waals surface area contributed by atoms with Gasteiger partial charge in [0.05, 0.1) is 17.1 Å². The molecule has 0 saturated carbocycles. The van der Waals surface area contributed by atoms with Gasteiger partial charge >= 0.3 is 0 Å². The molecular weight excluding hydrogens is 297 g/mol. The van der Waals surface area contributed by atoms with Gasteiger partial charge in [-0.1, -0.05) is 0 Å². The quantitative estimate of drug-likeness (QED) is 0.864. The second kappa shape index (κ2) is 6.38. The number of pyridine rings is 1. The third-order valence-corrected chi connectivity index (χ3v) is 5.08. The normalized spacial score (nSPS) is 18.2. The number of nitrogens with one attached hydrogen (secondary N) is 2. The molecule has 1 amide bonds. The van der Waals surface area contributed by atoms with Crippen LogP contribution in [0.3, 0.4) is 0 Å². The van der Waals surface area contributed by atoms with Crippen molar-refractivity contribution >= 4 is 21.6 Å². The van der Waals surface area contributed by atoms with Crippen molar-refractivity contribution in [3.8, 4) is 0 Å². The van der Waals surface area contributed by atoms with E-state index in [0.29, 0.717) is 19.4 Å². The Morgan fingerprint density at radius 1 is 1.43 bits per heavy atom. The molecule has 8 heteroatoms. The molecular formula is C13H18FN3O3S. The molecule has 1 fully saturated rings. The van der Waals surface area contributed by atoms with Gasteiger partial charge in [0.15, 0.2) is 11.6 Å². The van der Waals surface area contributed by atoms with Crippen LogP contribution in [0.25, 0.3) is 0 Å². The number of anilines is 1. The van der Waals surface area contributed by atoms with Crippen molar-refractivity contribution in [3.05, 3.63) is 23.6 Å². The zero-order chi connectivity index (χ0) is 15.5. The molecule has 0 spiro atoms. The van der Waals surface area contributed by atoms with E-state index in [1.165, 1.54) is 12.3 Å². The molecule has 0 bridgehead atoms. The molecule has 1 aliphatic heterocycles. The average molecular weight is 315 g/mol. The van der Waals surface area contributed by atoms with Crippen LogP contribution in [0.15, 0.2) is 12.3 Å². The van der Waals surface area contributed by atoms with Crippen LogP contribution in [0.4, 0.5) is 10.2 Å². The number of nitrogens with zero attached hydrogens (tertiary/aromatic N) is 1. The van der Waals surface area contributed by atoms with E-state index < -0.39 is 21.6 Å². The van der Waals surface area contributed by atoms with E-state index in [-0.39, 0.29) is 28.9 Å². The van der Waals surface area contributed by atoms with E-state index in [9.17, 15) is 17.6 Å². The fraction of sp³-hybridized carbons (Fsp3) is 0.538. The molecule has 0 radical (unpaired) electrons. The molecule has 0 unspecified atom stereocenters. The molecule has 2 N–H and O–H groups in total.